The number of thiazole rings is 1. The quantitative estimate of drug-likeness (QED) is 0.183. The Kier molecular flexibility index (Phi) is 8.12. The van der Waals surface area contributed by atoms with Crippen LogP contribution >= 0.6 is 11.3 Å². The van der Waals surface area contributed by atoms with Crippen LogP contribution in [0.4, 0.5) is 9.18 Å². The van der Waals surface area contributed by atoms with Gasteiger partial charge in [0.1, 0.15) is 34.5 Å². The van der Waals surface area contributed by atoms with E-state index in [1.807, 2.05) is 60.7 Å². The Morgan fingerprint density at radius 2 is 1.65 bits per heavy atom. The Morgan fingerprint density at radius 1 is 0.978 bits per heavy atom. The molecule has 3 aliphatic rings. The highest BCUT2D eigenvalue weighted by atomic mass is 32.1. The summed E-state index contributed by atoms with van der Waals surface area (Å²) in [6.45, 7) is 0.802. The maximum atomic E-state index is 14.5. The van der Waals surface area contributed by atoms with Crippen LogP contribution in [0, 0.1) is 11.7 Å². The van der Waals surface area contributed by atoms with Crippen molar-refractivity contribution in [2.45, 2.75) is 57.3 Å². The molecule has 234 valence electrons. The van der Waals surface area contributed by atoms with E-state index in [-0.39, 0.29) is 36.2 Å². The number of amides is 1. The first-order valence-electron chi connectivity index (χ1n) is 15.5. The van der Waals surface area contributed by atoms with Crippen LogP contribution in [0.1, 0.15) is 53.1 Å². The molecule has 8 nitrogen and oxygen atoms in total. The number of halogens is 1. The van der Waals surface area contributed by atoms with Crippen molar-refractivity contribution < 1.29 is 19.0 Å². The zero-order valence-electron chi connectivity index (χ0n) is 25.1. The van der Waals surface area contributed by atoms with Crippen molar-refractivity contribution in [1.29, 1.82) is 0 Å². The van der Waals surface area contributed by atoms with Gasteiger partial charge >= 0.3 is 6.09 Å². The minimum atomic E-state index is -1.05. The van der Waals surface area contributed by atoms with Gasteiger partial charge in [0.15, 0.2) is 0 Å². The normalized spacial score (nSPS) is 18.5. The number of carbonyl (C=O) groups is 1. The summed E-state index contributed by atoms with van der Waals surface area (Å²) in [5, 5.41) is 11.2. The van der Waals surface area contributed by atoms with E-state index in [2.05, 4.69) is 4.98 Å². The molecule has 46 heavy (non-hydrogen) atoms. The third-order valence-electron chi connectivity index (χ3n) is 9.12. The number of fused-ring (bicyclic) bond motifs is 2. The van der Waals surface area contributed by atoms with Gasteiger partial charge in [-0.15, -0.1) is 11.3 Å². The van der Waals surface area contributed by atoms with E-state index in [4.69, 9.17) is 9.72 Å². The summed E-state index contributed by atoms with van der Waals surface area (Å²) in [5.41, 5.74) is 1.70. The van der Waals surface area contributed by atoms with E-state index in [1.54, 1.807) is 22.9 Å². The first kappa shape index (κ1) is 29.9. The van der Waals surface area contributed by atoms with Gasteiger partial charge in [-0.1, -0.05) is 72.8 Å². The Hall–Kier alpha value is -4.83. The number of benzene rings is 3. The third kappa shape index (κ3) is 5.80. The second-order valence-corrected chi connectivity index (χ2v) is 13.2. The molecule has 3 aromatic carbocycles. The average molecular weight is 637 g/mol. The van der Waals surface area contributed by atoms with Gasteiger partial charge in [0.25, 0.3) is 5.56 Å². The molecule has 0 saturated heterocycles. The van der Waals surface area contributed by atoms with E-state index >= 15 is 0 Å². The molecule has 1 amide bonds. The van der Waals surface area contributed by atoms with E-state index in [9.17, 15) is 19.1 Å². The van der Waals surface area contributed by atoms with Gasteiger partial charge in [-0.2, -0.15) is 0 Å². The lowest BCUT2D eigenvalue weighted by Gasteiger charge is -2.44. The maximum Gasteiger partial charge on any atom is 0.408 e. The minimum Gasteiger partial charge on any atom is -0.481 e. The molecule has 0 radical (unpaired) electrons. The van der Waals surface area contributed by atoms with E-state index < -0.39 is 11.6 Å². The van der Waals surface area contributed by atoms with Crippen LogP contribution in [0.25, 0.3) is 10.7 Å². The molecule has 1 fully saturated rings. The molecule has 8 rings (SSSR count). The highest BCUT2D eigenvalue weighted by Crippen LogP contribution is 2.48. The predicted octanol–water partition coefficient (Wildman–Crippen LogP) is 7.26. The first-order chi connectivity index (χ1) is 22.4. The fraction of sp³-hybridized carbons (Fsp3) is 0.278. The number of aromatic nitrogens is 3. The van der Waals surface area contributed by atoms with Crippen molar-refractivity contribution in [3.63, 3.8) is 0 Å². The lowest BCUT2D eigenvalue weighted by Crippen LogP contribution is -2.51. The minimum absolute atomic E-state index is 0.108. The summed E-state index contributed by atoms with van der Waals surface area (Å²) < 4.78 is 21.5. The molecule has 2 aliphatic heterocycles. The third-order valence-corrected chi connectivity index (χ3v) is 10.1. The average Bonchev–Trinajstić information content (AvgIpc) is 3.41. The zero-order valence-corrected chi connectivity index (χ0v) is 26.0. The number of hydrogen-bond donors (Lipinski definition) is 1. The molecule has 1 N–H and O–H groups in total. The van der Waals surface area contributed by atoms with Crippen LogP contribution in [0.3, 0.4) is 0 Å². The summed E-state index contributed by atoms with van der Waals surface area (Å²) in [6.07, 6.45) is 3.95. The fourth-order valence-corrected chi connectivity index (χ4v) is 7.68. The smallest absolute Gasteiger partial charge is 0.408 e. The summed E-state index contributed by atoms with van der Waals surface area (Å²) in [7, 11) is 0. The van der Waals surface area contributed by atoms with Gasteiger partial charge in [-0.3, -0.25) is 14.3 Å². The molecule has 1 aliphatic carbocycles. The number of rotatable bonds is 9. The summed E-state index contributed by atoms with van der Waals surface area (Å²) >= 11 is 1.40. The van der Waals surface area contributed by atoms with Gasteiger partial charge in [0.05, 0.1) is 6.54 Å². The number of carboxylic acid groups (broad SMARTS) is 1. The second kappa shape index (κ2) is 12.5. The molecule has 0 unspecified atom stereocenters. The molecule has 4 heterocycles. The van der Waals surface area contributed by atoms with Crippen LogP contribution in [0.15, 0.2) is 95.9 Å². The van der Waals surface area contributed by atoms with Gasteiger partial charge in [-0.05, 0) is 60.4 Å². The number of ether oxygens (including phenoxy) is 1. The Balaban J connectivity index is 1.36. The zero-order chi connectivity index (χ0) is 31.7. The van der Waals surface area contributed by atoms with Crippen molar-refractivity contribution in [2.75, 3.05) is 0 Å². The fourth-order valence-electron chi connectivity index (χ4n) is 6.75. The van der Waals surface area contributed by atoms with Gasteiger partial charge in [0, 0.05) is 24.0 Å². The van der Waals surface area contributed by atoms with Gasteiger partial charge in [0.2, 0.25) is 5.75 Å². The van der Waals surface area contributed by atoms with Crippen molar-refractivity contribution in [2.24, 2.45) is 5.92 Å². The van der Waals surface area contributed by atoms with Gasteiger partial charge < -0.3 is 9.84 Å². The number of nitrogens with zero attached hydrogens (tertiary/aromatic N) is 4. The highest BCUT2D eigenvalue weighted by Gasteiger charge is 2.50. The van der Waals surface area contributed by atoms with Crippen LogP contribution in [-0.4, -0.2) is 30.6 Å². The Morgan fingerprint density at radius 3 is 2.33 bits per heavy atom. The SMILES string of the molecule is O=C(O)N(Cc1ccccc1)C12CCC(CC1)Cn1c2nc(-c2ncc(Cc3ccc(F)cc3)s2)c(OCc2ccccc2)c1=O. The molecular weight excluding hydrogens is 603 g/mol. The van der Waals surface area contributed by atoms with Crippen molar-refractivity contribution in [3.05, 3.63) is 135 Å². The monoisotopic (exact) mass is 636 g/mol. The molecule has 0 atom stereocenters. The highest BCUT2D eigenvalue weighted by molar-refractivity contribution is 7.15. The summed E-state index contributed by atoms with van der Waals surface area (Å²) in [6, 6.07) is 25.5. The van der Waals surface area contributed by atoms with Crippen LogP contribution in [-0.2, 0) is 31.7 Å². The van der Waals surface area contributed by atoms with Crippen molar-refractivity contribution in [3.8, 4) is 16.5 Å². The molecule has 2 bridgehead atoms. The van der Waals surface area contributed by atoms with Gasteiger partial charge in [-0.25, -0.2) is 19.2 Å². The largest absolute Gasteiger partial charge is 0.481 e. The van der Waals surface area contributed by atoms with Crippen molar-refractivity contribution in [1.82, 2.24) is 19.4 Å². The van der Waals surface area contributed by atoms with Crippen molar-refractivity contribution >= 4 is 17.4 Å². The molecular formula is C36H33FN4O4S. The van der Waals surface area contributed by atoms with Crippen LogP contribution in [0.5, 0.6) is 5.75 Å². The molecule has 0 spiro atoms. The molecule has 10 heteroatoms. The maximum absolute atomic E-state index is 14.5. The first-order valence-corrected chi connectivity index (χ1v) is 16.3. The second-order valence-electron chi connectivity index (χ2n) is 12.1. The summed E-state index contributed by atoms with van der Waals surface area (Å²) in [5.74, 6) is 0.496. The number of hydrogen-bond acceptors (Lipinski definition) is 6. The lowest BCUT2D eigenvalue weighted by atomic mass is 9.76. The van der Waals surface area contributed by atoms with Crippen LogP contribution in [0.2, 0.25) is 0 Å². The van der Waals surface area contributed by atoms with E-state index in [0.29, 0.717) is 42.3 Å². The molecule has 5 aromatic rings. The predicted molar refractivity (Wildman–Crippen MR) is 173 cm³/mol. The van der Waals surface area contributed by atoms with E-state index in [0.717, 1.165) is 34.4 Å². The molecule has 2 aromatic heterocycles. The van der Waals surface area contributed by atoms with E-state index in [1.165, 1.54) is 28.4 Å². The standard InChI is InChI=1S/C36H33FN4O4S/c37-28-13-11-24(12-14-28)19-29-20-38-32(46-29)30-31(45-23-27-9-5-2-6-10-27)33(42)40-21-26-15-17-36(18-16-26,34(40)39-30)41(35(43)44)22-25-7-3-1-4-8-25/h1-14,20,26H,15-19,21-23H2,(H,43,44). The Labute approximate surface area is 269 Å². The molecule has 1 saturated carbocycles. The summed E-state index contributed by atoms with van der Waals surface area (Å²) in [4.78, 5) is 39.8. The Bertz CT molecular complexity index is 1900. The topological polar surface area (TPSA) is 97.6 Å². The lowest BCUT2D eigenvalue weighted by molar-refractivity contribution is 0.0319. The van der Waals surface area contributed by atoms with Crippen LogP contribution < -0.4 is 10.3 Å².